The summed E-state index contributed by atoms with van der Waals surface area (Å²) in [6.45, 7) is 3.13. The van der Waals surface area contributed by atoms with Crippen molar-refractivity contribution in [3.63, 3.8) is 0 Å². The minimum Gasteiger partial charge on any atom is -0.246 e. The van der Waals surface area contributed by atoms with E-state index in [1.54, 1.807) is 6.33 Å². The summed E-state index contributed by atoms with van der Waals surface area (Å²) in [6.07, 6.45) is 5.77. The fourth-order valence-corrected chi connectivity index (χ4v) is 1.13. The lowest BCUT2D eigenvalue weighted by atomic mass is 10.1. The molecule has 0 saturated heterocycles. The molecule has 0 N–H and O–H groups in total. The smallest absolute Gasteiger partial charge is 0.150 e. The topological polar surface area (TPSA) is 30.7 Å². The molecule has 0 aliphatic carbocycles. The van der Waals surface area contributed by atoms with E-state index in [0.717, 1.165) is 12.4 Å². The van der Waals surface area contributed by atoms with Crippen molar-refractivity contribution in [3.05, 3.63) is 18.2 Å². The maximum Gasteiger partial charge on any atom is 0.150 e. The Morgan fingerprint density at radius 1 is 1.70 bits per heavy atom. The maximum atomic E-state index is 4.06. The third-order valence-corrected chi connectivity index (χ3v) is 1.68. The van der Waals surface area contributed by atoms with E-state index in [9.17, 15) is 0 Å². The van der Waals surface area contributed by atoms with Gasteiger partial charge >= 0.3 is 0 Å². The lowest BCUT2D eigenvalue weighted by Crippen LogP contribution is -2.12. The zero-order valence-electron chi connectivity index (χ0n) is 5.86. The highest BCUT2D eigenvalue weighted by Gasteiger charge is 2.08. The van der Waals surface area contributed by atoms with E-state index in [2.05, 4.69) is 23.1 Å². The van der Waals surface area contributed by atoms with Gasteiger partial charge in [-0.25, -0.2) is 9.67 Å². The SMILES string of the molecule is CC1C=Cc2ncnn2C1. The molecule has 1 aliphatic heterocycles. The number of hydrogen-bond acceptors (Lipinski definition) is 2. The van der Waals surface area contributed by atoms with Crippen LogP contribution in [0.1, 0.15) is 12.7 Å². The molecule has 2 rings (SSSR count). The van der Waals surface area contributed by atoms with Gasteiger partial charge in [-0.05, 0) is 12.0 Å². The van der Waals surface area contributed by atoms with Crippen molar-refractivity contribution >= 4 is 6.08 Å². The molecule has 0 fully saturated rings. The lowest BCUT2D eigenvalue weighted by molar-refractivity contribution is 0.506. The Bertz CT molecular complexity index is 262. The Balaban J connectivity index is 2.43. The van der Waals surface area contributed by atoms with Crippen LogP contribution in [0, 0.1) is 5.92 Å². The highest BCUT2D eigenvalue weighted by atomic mass is 15.3. The van der Waals surface area contributed by atoms with Gasteiger partial charge in [0.2, 0.25) is 0 Å². The van der Waals surface area contributed by atoms with Crippen LogP contribution in [0.3, 0.4) is 0 Å². The van der Waals surface area contributed by atoms with Gasteiger partial charge in [-0.2, -0.15) is 5.10 Å². The summed E-state index contributed by atoms with van der Waals surface area (Å²) in [5, 5.41) is 4.06. The molecule has 2 heterocycles. The van der Waals surface area contributed by atoms with E-state index in [0.29, 0.717) is 5.92 Å². The molecule has 52 valence electrons. The van der Waals surface area contributed by atoms with Gasteiger partial charge in [0.15, 0.2) is 0 Å². The third-order valence-electron chi connectivity index (χ3n) is 1.68. The van der Waals surface area contributed by atoms with Crippen LogP contribution in [0.2, 0.25) is 0 Å². The first-order valence-corrected chi connectivity index (χ1v) is 3.42. The van der Waals surface area contributed by atoms with Crippen molar-refractivity contribution in [2.45, 2.75) is 13.5 Å². The Hall–Kier alpha value is -1.12. The molecule has 3 nitrogen and oxygen atoms in total. The molecule has 1 atom stereocenters. The first kappa shape index (κ1) is 5.65. The quantitative estimate of drug-likeness (QED) is 0.530. The number of fused-ring (bicyclic) bond motifs is 1. The summed E-state index contributed by atoms with van der Waals surface area (Å²) in [6, 6.07) is 0. The van der Waals surface area contributed by atoms with E-state index in [1.165, 1.54) is 0 Å². The van der Waals surface area contributed by atoms with E-state index in [-0.39, 0.29) is 0 Å². The molecule has 1 aromatic heterocycles. The van der Waals surface area contributed by atoms with Gasteiger partial charge in [0.1, 0.15) is 12.2 Å². The second-order valence-electron chi connectivity index (χ2n) is 2.64. The van der Waals surface area contributed by atoms with Crippen molar-refractivity contribution in [3.8, 4) is 0 Å². The fraction of sp³-hybridized carbons (Fsp3) is 0.429. The number of nitrogens with zero attached hydrogens (tertiary/aromatic N) is 3. The van der Waals surface area contributed by atoms with Gasteiger partial charge in [0.05, 0.1) is 0 Å². The minimum atomic E-state index is 0.592. The minimum absolute atomic E-state index is 0.592. The molecule has 0 bridgehead atoms. The first-order valence-electron chi connectivity index (χ1n) is 3.42. The second-order valence-corrected chi connectivity index (χ2v) is 2.64. The van der Waals surface area contributed by atoms with Crippen LogP contribution in [-0.2, 0) is 6.54 Å². The second kappa shape index (κ2) is 1.94. The van der Waals surface area contributed by atoms with Crippen molar-refractivity contribution in [1.29, 1.82) is 0 Å². The zero-order chi connectivity index (χ0) is 6.97. The lowest BCUT2D eigenvalue weighted by Gasteiger charge is -2.11. The van der Waals surface area contributed by atoms with E-state index >= 15 is 0 Å². The molecule has 3 heteroatoms. The van der Waals surface area contributed by atoms with Gasteiger partial charge < -0.3 is 0 Å². The summed E-state index contributed by atoms with van der Waals surface area (Å²) in [5.74, 6) is 1.56. The zero-order valence-corrected chi connectivity index (χ0v) is 5.86. The van der Waals surface area contributed by atoms with Crippen molar-refractivity contribution < 1.29 is 0 Å². The van der Waals surface area contributed by atoms with Gasteiger partial charge in [-0.1, -0.05) is 13.0 Å². The summed E-state index contributed by atoms with van der Waals surface area (Å²) < 4.78 is 1.92. The highest BCUT2D eigenvalue weighted by Crippen LogP contribution is 2.11. The Morgan fingerprint density at radius 3 is 3.50 bits per heavy atom. The van der Waals surface area contributed by atoms with Crippen LogP contribution in [0.4, 0.5) is 0 Å². The number of rotatable bonds is 0. The van der Waals surface area contributed by atoms with Gasteiger partial charge in [-0.3, -0.25) is 0 Å². The molecule has 1 unspecified atom stereocenters. The first-order chi connectivity index (χ1) is 4.86. The summed E-state index contributed by atoms with van der Waals surface area (Å²) >= 11 is 0. The Labute approximate surface area is 59.4 Å². The molecule has 0 aromatic carbocycles. The number of aromatic nitrogens is 3. The van der Waals surface area contributed by atoms with Crippen LogP contribution in [0.15, 0.2) is 12.4 Å². The van der Waals surface area contributed by atoms with E-state index in [1.807, 2.05) is 10.8 Å². The standard InChI is InChI=1S/C7H9N3/c1-6-2-3-7-8-5-9-10(7)4-6/h2-3,5-6H,4H2,1H3. The number of allylic oxidation sites excluding steroid dienone is 1. The molecular weight excluding hydrogens is 126 g/mol. The van der Waals surface area contributed by atoms with Gasteiger partial charge in [0, 0.05) is 6.54 Å². The Kier molecular flexibility index (Phi) is 1.09. The predicted octanol–water partition coefficient (Wildman–Crippen LogP) is 0.941. The highest BCUT2D eigenvalue weighted by molar-refractivity contribution is 5.41. The molecule has 0 spiro atoms. The molecule has 0 radical (unpaired) electrons. The van der Waals surface area contributed by atoms with Crippen molar-refractivity contribution in [2.24, 2.45) is 5.92 Å². The van der Waals surface area contributed by atoms with Crippen molar-refractivity contribution in [1.82, 2.24) is 14.8 Å². The van der Waals surface area contributed by atoms with E-state index < -0.39 is 0 Å². The van der Waals surface area contributed by atoms with Crippen LogP contribution in [-0.4, -0.2) is 14.8 Å². The average Bonchev–Trinajstić information content (AvgIpc) is 2.33. The van der Waals surface area contributed by atoms with Crippen LogP contribution in [0.5, 0.6) is 0 Å². The van der Waals surface area contributed by atoms with Crippen LogP contribution in [0.25, 0.3) is 6.08 Å². The summed E-state index contributed by atoms with van der Waals surface area (Å²) in [4.78, 5) is 4.06. The molecule has 10 heavy (non-hydrogen) atoms. The molecule has 1 aliphatic rings. The maximum absolute atomic E-state index is 4.06. The monoisotopic (exact) mass is 135 g/mol. The van der Waals surface area contributed by atoms with Crippen LogP contribution < -0.4 is 0 Å². The normalized spacial score (nSPS) is 22.7. The average molecular weight is 135 g/mol. The molecule has 0 amide bonds. The predicted molar refractivity (Wildman–Crippen MR) is 38.2 cm³/mol. The number of hydrogen-bond donors (Lipinski definition) is 0. The van der Waals surface area contributed by atoms with Crippen molar-refractivity contribution in [2.75, 3.05) is 0 Å². The van der Waals surface area contributed by atoms with E-state index in [4.69, 9.17) is 0 Å². The van der Waals surface area contributed by atoms with Gasteiger partial charge in [0.25, 0.3) is 0 Å². The molecule has 1 aromatic rings. The molecule has 0 saturated carbocycles. The Morgan fingerprint density at radius 2 is 2.60 bits per heavy atom. The fourth-order valence-electron chi connectivity index (χ4n) is 1.13. The molecular formula is C7H9N3. The third kappa shape index (κ3) is 0.744. The van der Waals surface area contributed by atoms with Gasteiger partial charge in [-0.15, -0.1) is 0 Å². The van der Waals surface area contributed by atoms with Crippen LogP contribution >= 0.6 is 0 Å². The summed E-state index contributed by atoms with van der Waals surface area (Å²) in [5.41, 5.74) is 0. The summed E-state index contributed by atoms with van der Waals surface area (Å²) in [7, 11) is 0. The largest absolute Gasteiger partial charge is 0.246 e.